The molecule has 3 amide bonds. The molecule has 0 bridgehead atoms. The zero-order valence-electron chi connectivity index (χ0n) is 15.6. The van der Waals surface area contributed by atoms with Gasteiger partial charge in [-0.25, -0.2) is 4.79 Å². The standard InChI is InChI=1S/C18H19F3N6O2/c1-24-6-7-26(17(24)29)14-9-23-27(11-14)13-4-5-25(10-13)16(28)12-2-3-15(22-8-12)18(19,20)21/h2-3,8-9,11,13H,4-7,10H2,1H3. The lowest BCUT2D eigenvalue weighted by Crippen LogP contribution is -2.29. The number of aromatic nitrogens is 3. The van der Waals surface area contributed by atoms with Gasteiger partial charge in [0.2, 0.25) is 0 Å². The summed E-state index contributed by atoms with van der Waals surface area (Å²) in [7, 11) is 1.74. The highest BCUT2D eigenvalue weighted by molar-refractivity contribution is 5.94. The third kappa shape index (κ3) is 3.64. The summed E-state index contributed by atoms with van der Waals surface area (Å²) in [5, 5.41) is 4.34. The normalized spacial score (nSPS) is 20.1. The van der Waals surface area contributed by atoms with Gasteiger partial charge in [0, 0.05) is 45.6 Å². The predicted molar refractivity (Wildman–Crippen MR) is 96.4 cm³/mol. The molecule has 0 spiro atoms. The van der Waals surface area contributed by atoms with E-state index < -0.39 is 11.9 Å². The average Bonchev–Trinajstić information content (AvgIpc) is 3.42. The first kappa shape index (κ1) is 19.2. The highest BCUT2D eigenvalue weighted by Gasteiger charge is 2.34. The molecule has 1 atom stereocenters. The Hall–Kier alpha value is -3.11. The number of hydrogen-bond donors (Lipinski definition) is 0. The van der Waals surface area contributed by atoms with Crippen LogP contribution in [0.3, 0.4) is 0 Å². The van der Waals surface area contributed by atoms with Crippen LogP contribution in [-0.4, -0.2) is 69.7 Å². The van der Waals surface area contributed by atoms with E-state index in [9.17, 15) is 22.8 Å². The van der Waals surface area contributed by atoms with E-state index in [0.717, 1.165) is 18.3 Å². The van der Waals surface area contributed by atoms with Gasteiger partial charge in [0.25, 0.3) is 5.91 Å². The number of likely N-dealkylation sites (tertiary alicyclic amines) is 1. The van der Waals surface area contributed by atoms with Crippen molar-refractivity contribution in [1.82, 2.24) is 24.6 Å². The van der Waals surface area contributed by atoms with Gasteiger partial charge in [-0.1, -0.05) is 0 Å². The van der Waals surface area contributed by atoms with Gasteiger partial charge in [-0.15, -0.1) is 0 Å². The summed E-state index contributed by atoms with van der Waals surface area (Å²) >= 11 is 0. The second kappa shape index (κ2) is 7.05. The van der Waals surface area contributed by atoms with Crippen molar-refractivity contribution in [2.45, 2.75) is 18.6 Å². The molecule has 2 aliphatic heterocycles. The molecule has 29 heavy (non-hydrogen) atoms. The van der Waals surface area contributed by atoms with Crippen LogP contribution in [0.25, 0.3) is 0 Å². The van der Waals surface area contributed by atoms with Crippen LogP contribution in [0.1, 0.15) is 28.5 Å². The maximum absolute atomic E-state index is 12.6. The SMILES string of the molecule is CN1CCN(c2cnn(C3CCN(C(=O)c4ccc(C(F)(F)F)nc4)C3)c2)C1=O. The molecule has 0 aliphatic carbocycles. The molecular weight excluding hydrogens is 389 g/mol. The molecule has 11 heteroatoms. The number of amides is 3. The van der Waals surface area contributed by atoms with E-state index in [1.807, 2.05) is 0 Å². The number of carbonyl (C=O) groups is 2. The number of urea groups is 1. The van der Waals surface area contributed by atoms with Crippen LogP contribution in [0.5, 0.6) is 0 Å². The molecule has 0 aromatic carbocycles. The molecule has 2 saturated heterocycles. The predicted octanol–water partition coefficient (Wildman–Crippen LogP) is 2.26. The number of rotatable bonds is 3. The van der Waals surface area contributed by atoms with Crippen molar-refractivity contribution >= 4 is 17.6 Å². The lowest BCUT2D eigenvalue weighted by Gasteiger charge is -2.17. The number of likely N-dealkylation sites (N-methyl/N-ethyl adjacent to an activating group) is 1. The Morgan fingerprint density at radius 3 is 2.59 bits per heavy atom. The zero-order chi connectivity index (χ0) is 20.8. The van der Waals surface area contributed by atoms with Gasteiger partial charge in [0.15, 0.2) is 0 Å². The third-order valence-electron chi connectivity index (χ3n) is 5.24. The van der Waals surface area contributed by atoms with Crippen LogP contribution in [0.15, 0.2) is 30.7 Å². The van der Waals surface area contributed by atoms with Crippen LogP contribution >= 0.6 is 0 Å². The summed E-state index contributed by atoms with van der Waals surface area (Å²) in [4.78, 5) is 32.9. The van der Waals surface area contributed by atoms with Crippen molar-refractivity contribution in [2.24, 2.45) is 0 Å². The Labute approximate surface area is 164 Å². The topological polar surface area (TPSA) is 74.6 Å². The van der Waals surface area contributed by atoms with E-state index in [-0.39, 0.29) is 23.5 Å². The van der Waals surface area contributed by atoms with Crippen LogP contribution in [0.4, 0.5) is 23.7 Å². The molecule has 1 unspecified atom stereocenters. The summed E-state index contributed by atoms with van der Waals surface area (Å²) in [6.07, 6.45) is 0.495. The van der Waals surface area contributed by atoms with Crippen LogP contribution in [0, 0.1) is 0 Å². The molecule has 4 rings (SSSR count). The molecule has 2 fully saturated rings. The van der Waals surface area contributed by atoms with Crippen LogP contribution < -0.4 is 4.90 Å². The van der Waals surface area contributed by atoms with Crippen molar-refractivity contribution in [2.75, 3.05) is 38.1 Å². The van der Waals surface area contributed by atoms with E-state index in [1.165, 1.54) is 0 Å². The average molecular weight is 408 g/mol. The lowest BCUT2D eigenvalue weighted by atomic mass is 10.2. The van der Waals surface area contributed by atoms with E-state index in [1.54, 1.807) is 38.8 Å². The summed E-state index contributed by atoms with van der Waals surface area (Å²) in [5.74, 6) is -0.363. The highest BCUT2D eigenvalue weighted by atomic mass is 19.4. The molecule has 2 aliphatic rings. The van der Waals surface area contributed by atoms with Gasteiger partial charge in [0.1, 0.15) is 5.69 Å². The van der Waals surface area contributed by atoms with Gasteiger partial charge >= 0.3 is 12.2 Å². The zero-order valence-corrected chi connectivity index (χ0v) is 15.6. The maximum Gasteiger partial charge on any atom is 0.433 e. The van der Waals surface area contributed by atoms with Gasteiger partial charge < -0.3 is 9.80 Å². The monoisotopic (exact) mass is 408 g/mol. The quantitative estimate of drug-likeness (QED) is 0.781. The van der Waals surface area contributed by atoms with Gasteiger partial charge in [-0.05, 0) is 18.6 Å². The van der Waals surface area contributed by atoms with E-state index >= 15 is 0 Å². The first-order valence-electron chi connectivity index (χ1n) is 9.13. The number of pyridine rings is 1. The fourth-order valence-corrected chi connectivity index (χ4v) is 3.57. The molecule has 4 heterocycles. The largest absolute Gasteiger partial charge is 0.433 e. The third-order valence-corrected chi connectivity index (χ3v) is 5.24. The first-order chi connectivity index (χ1) is 13.7. The smallest absolute Gasteiger partial charge is 0.336 e. The molecule has 8 nitrogen and oxygen atoms in total. The second-order valence-electron chi connectivity index (χ2n) is 7.16. The van der Waals surface area contributed by atoms with Crippen molar-refractivity contribution in [3.8, 4) is 0 Å². The summed E-state index contributed by atoms with van der Waals surface area (Å²) in [5.41, 5.74) is -0.207. The van der Waals surface area contributed by atoms with Gasteiger partial charge in [-0.2, -0.15) is 18.3 Å². The van der Waals surface area contributed by atoms with Crippen molar-refractivity contribution in [3.05, 3.63) is 42.0 Å². The Morgan fingerprint density at radius 2 is 1.97 bits per heavy atom. The number of carbonyl (C=O) groups excluding carboxylic acids is 2. The molecule has 154 valence electrons. The van der Waals surface area contributed by atoms with Gasteiger partial charge in [0.05, 0.1) is 23.5 Å². The second-order valence-corrected chi connectivity index (χ2v) is 7.16. The highest BCUT2D eigenvalue weighted by Crippen LogP contribution is 2.29. The Balaban J connectivity index is 1.42. The minimum Gasteiger partial charge on any atom is -0.336 e. The first-order valence-corrected chi connectivity index (χ1v) is 9.13. The summed E-state index contributed by atoms with van der Waals surface area (Å²) in [6.45, 7) is 2.09. The minimum atomic E-state index is -4.54. The Kier molecular flexibility index (Phi) is 4.67. The molecule has 0 saturated carbocycles. The van der Waals surface area contributed by atoms with E-state index in [0.29, 0.717) is 38.3 Å². The fraction of sp³-hybridized carbons (Fsp3) is 0.444. The fourth-order valence-electron chi connectivity index (χ4n) is 3.57. The van der Waals surface area contributed by atoms with Crippen molar-refractivity contribution < 1.29 is 22.8 Å². The van der Waals surface area contributed by atoms with Crippen LogP contribution in [-0.2, 0) is 6.18 Å². The minimum absolute atomic E-state index is 0.0643. The lowest BCUT2D eigenvalue weighted by molar-refractivity contribution is -0.141. The number of alkyl halides is 3. The molecular formula is C18H19F3N6O2. The Morgan fingerprint density at radius 1 is 1.17 bits per heavy atom. The van der Waals surface area contributed by atoms with Crippen molar-refractivity contribution in [3.63, 3.8) is 0 Å². The van der Waals surface area contributed by atoms with Gasteiger partial charge in [-0.3, -0.25) is 19.4 Å². The number of anilines is 1. The van der Waals surface area contributed by atoms with E-state index in [4.69, 9.17) is 0 Å². The number of nitrogens with zero attached hydrogens (tertiary/aromatic N) is 6. The molecule has 0 radical (unpaired) electrons. The van der Waals surface area contributed by atoms with Crippen LogP contribution in [0.2, 0.25) is 0 Å². The summed E-state index contributed by atoms with van der Waals surface area (Å²) in [6, 6.07) is 1.81. The molecule has 2 aromatic heterocycles. The summed E-state index contributed by atoms with van der Waals surface area (Å²) < 4.78 is 39.6. The van der Waals surface area contributed by atoms with E-state index in [2.05, 4.69) is 10.1 Å². The van der Waals surface area contributed by atoms with Crippen molar-refractivity contribution in [1.29, 1.82) is 0 Å². The molecule has 2 aromatic rings. The Bertz CT molecular complexity index is 926. The number of halogens is 3. The molecule has 0 N–H and O–H groups in total. The maximum atomic E-state index is 12.6. The number of hydrogen-bond acceptors (Lipinski definition) is 4.